The number of aryl methyl sites for hydroxylation is 2. The number of aromatic amines is 1. The van der Waals surface area contributed by atoms with Gasteiger partial charge in [-0.1, -0.05) is 42.0 Å². The van der Waals surface area contributed by atoms with Crippen molar-refractivity contribution in [2.45, 2.75) is 20.3 Å². The number of pyridine rings is 1. The number of para-hydroxylation sites is 1. The number of nitrogens with zero attached hydrogens (tertiary/aromatic N) is 4. The maximum Gasteiger partial charge on any atom is 0.267 e. The lowest BCUT2D eigenvalue weighted by molar-refractivity contribution is 0.965. The lowest BCUT2D eigenvalue weighted by Gasteiger charge is -2.12. The van der Waals surface area contributed by atoms with Gasteiger partial charge >= 0.3 is 0 Å². The second-order valence-corrected chi connectivity index (χ2v) is 7.67. The number of aromatic nitrogens is 5. The third-order valence-electron chi connectivity index (χ3n) is 5.51. The molecule has 5 aromatic rings. The molecule has 5 rings (SSSR count). The smallest absolute Gasteiger partial charge is 0.267 e. The summed E-state index contributed by atoms with van der Waals surface area (Å²) in [5.74, 6) is 0.486. The van der Waals surface area contributed by atoms with Crippen LogP contribution in [0.15, 0.2) is 65.7 Å². The molecule has 0 bridgehead atoms. The lowest BCUT2D eigenvalue weighted by Crippen LogP contribution is -2.20. The fourth-order valence-electron chi connectivity index (χ4n) is 3.93. The van der Waals surface area contributed by atoms with Gasteiger partial charge in [0.2, 0.25) is 5.95 Å². The van der Waals surface area contributed by atoms with Gasteiger partial charge < -0.3 is 5.32 Å². The molecular formula is C24H22N6O. The Bertz CT molecular complexity index is 1450. The Morgan fingerprint density at radius 2 is 1.87 bits per heavy atom. The van der Waals surface area contributed by atoms with Crippen LogP contribution in [0.5, 0.6) is 0 Å². The highest BCUT2D eigenvalue weighted by atomic mass is 16.1. The van der Waals surface area contributed by atoms with Crippen LogP contribution in [-0.2, 0) is 6.42 Å². The van der Waals surface area contributed by atoms with Gasteiger partial charge in [-0.3, -0.25) is 14.5 Å². The molecule has 0 aliphatic heterocycles. The summed E-state index contributed by atoms with van der Waals surface area (Å²) in [5, 5.41) is 11.5. The Kier molecular flexibility index (Phi) is 4.71. The first kappa shape index (κ1) is 19.0. The molecule has 0 aliphatic rings. The van der Waals surface area contributed by atoms with E-state index >= 15 is 0 Å². The molecule has 31 heavy (non-hydrogen) atoms. The van der Waals surface area contributed by atoms with E-state index < -0.39 is 0 Å². The van der Waals surface area contributed by atoms with Gasteiger partial charge in [0, 0.05) is 12.7 Å². The quantitative estimate of drug-likeness (QED) is 0.458. The lowest BCUT2D eigenvalue weighted by atomic mass is 10.0. The van der Waals surface area contributed by atoms with Crippen molar-refractivity contribution in [1.29, 1.82) is 0 Å². The Morgan fingerprint density at radius 3 is 2.68 bits per heavy atom. The number of benzene rings is 2. The van der Waals surface area contributed by atoms with Crippen LogP contribution in [0.2, 0.25) is 0 Å². The van der Waals surface area contributed by atoms with Gasteiger partial charge in [0.05, 0.1) is 28.2 Å². The molecule has 154 valence electrons. The second-order valence-electron chi connectivity index (χ2n) is 7.67. The minimum absolute atomic E-state index is 0.164. The average molecular weight is 410 g/mol. The van der Waals surface area contributed by atoms with E-state index in [-0.39, 0.29) is 5.56 Å². The van der Waals surface area contributed by atoms with Gasteiger partial charge in [-0.25, -0.2) is 4.98 Å². The zero-order valence-electron chi connectivity index (χ0n) is 17.4. The van der Waals surface area contributed by atoms with Crippen molar-refractivity contribution in [2.24, 2.45) is 0 Å². The maximum absolute atomic E-state index is 13.2. The molecule has 0 saturated heterocycles. The highest BCUT2D eigenvalue weighted by Gasteiger charge is 2.16. The van der Waals surface area contributed by atoms with Crippen molar-refractivity contribution in [3.63, 3.8) is 0 Å². The van der Waals surface area contributed by atoms with Crippen LogP contribution in [0.1, 0.15) is 16.7 Å². The largest absolute Gasteiger partial charge is 0.354 e. The van der Waals surface area contributed by atoms with Gasteiger partial charge in [0.15, 0.2) is 5.65 Å². The van der Waals surface area contributed by atoms with Crippen LogP contribution in [0.4, 0.5) is 5.95 Å². The van der Waals surface area contributed by atoms with Crippen molar-refractivity contribution < 1.29 is 0 Å². The van der Waals surface area contributed by atoms with E-state index in [1.807, 2.05) is 30.3 Å². The highest BCUT2D eigenvalue weighted by molar-refractivity contribution is 6.02. The molecular weight excluding hydrogens is 388 g/mol. The first-order valence-corrected chi connectivity index (χ1v) is 10.2. The monoisotopic (exact) mass is 410 g/mol. The summed E-state index contributed by atoms with van der Waals surface area (Å²) >= 11 is 0. The van der Waals surface area contributed by atoms with Crippen LogP contribution in [0, 0.1) is 13.8 Å². The summed E-state index contributed by atoms with van der Waals surface area (Å²) in [6, 6.07) is 16.0. The standard InChI is InChI=1S/C24H22N6O/c1-15-8-9-17(16(2)12-15)10-11-25-24-26-13-19-21-20(14-27-29-21)23(31)30(22(19)28-24)18-6-4-3-5-7-18/h3-9,12-14H,10-11H2,1-2H3,(H,27,29)(H,25,26,28). The summed E-state index contributed by atoms with van der Waals surface area (Å²) in [5.41, 5.74) is 5.60. The highest BCUT2D eigenvalue weighted by Crippen LogP contribution is 2.22. The SMILES string of the molecule is Cc1ccc(CCNc2ncc3c4[nH]ncc4c(=O)n(-c4ccccc4)c3n2)c(C)c1. The first-order valence-electron chi connectivity index (χ1n) is 10.2. The molecule has 3 aromatic heterocycles. The van der Waals surface area contributed by atoms with Gasteiger partial charge in [-0.2, -0.15) is 10.1 Å². The number of hydrogen-bond acceptors (Lipinski definition) is 5. The molecule has 0 aliphatic carbocycles. The molecule has 0 spiro atoms. The zero-order chi connectivity index (χ0) is 21.4. The fourth-order valence-corrected chi connectivity index (χ4v) is 3.93. The summed E-state index contributed by atoms with van der Waals surface area (Å²) in [6.45, 7) is 4.92. The minimum atomic E-state index is -0.164. The Balaban J connectivity index is 1.54. The van der Waals surface area contributed by atoms with Gasteiger partial charge in [-0.15, -0.1) is 0 Å². The minimum Gasteiger partial charge on any atom is -0.354 e. The van der Waals surface area contributed by atoms with Crippen LogP contribution < -0.4 is 10.9 Å². The summed E-state index contributed by atoms with van der Waals surface area (Å²) in [4.78, 5) is 22.4. The number of hydrogen-bond donors (Lipinski definition) is 2. The Morgan fingerprint density at radius 1 is 1.03 bits per heavy atom. The molecule has 0 unspecified atom stereocenters. The van der Waals surface area contributed by atoms with Gasteiger partial charge in [0.1, 0.15) is 0 Å². The van der Waals surface area contributed by atoms with E-state index in [1.165, 1.54) is 16.7 Å². The maximum atomic E-state index is 13.2. The van der Waals surface area contributed by atoms with Crippen molar-refractivity contribution in [3.8, 4) is 5.69 Å². The summed E-state index contributed by atoms with van der Waals surface area (Å²) in [6.07, 6.45) is 4.15. The number of nitrogens with one attached hydrogen (secondary N) is 2. The average Bonchev–Trinajstić information content (AvgIpc) is 3.27. The molecule has 7 heteroatoms. The number of fused-ring (bicyclic) bond motifs is 3. The number of anilines is 1. The van der Waals surface area contributed by atoms with E-state index in [1.54, 1.807) is 17.0 Å². The van der Waals surface area contributed by atoms with E-state index in [0.717, 1.165) is 17.5 Å². The van der Waals surface area contributed by atoms with Crippen molar-refractivity contribution >= 4 is 27.9 Å². The molecule has 2 aromatic carbocycles. The normalized spacial score (nSPS) is 11.3. The van der Waals surface area contributed by atoms with E-state index in [4.69, 9.17) is 4.98 Å². The molecule has 2 N–H and O–H groups in total. The van der Waals surface area contributed by atoms with Gasteiger partial charge in [-0.05, 0) is 43.5 Å². The van der Waals surface area contributed by atoms with Crippen molar-refractivity contribution in [2.75, 3.05) is 11.9 Å². The van der Waals surface area contributed by atoms with E-state index in [0.29, 0.717) is 29.0 Å². The predicted molar refractivity (Wildman–Crippen MR) is 123 cm³/mol. The third-order valence-corrected chi connectivity index (χ3v) is 5.51. The van der Waals surface area contributed by atoms with E-state index in [2.05, 4.69) is 52.5 Å². The molecule has 0 amide bonds. The number of H-pyrrole nitrogens is 1. The zero-order valence-corrected chi connectivity index (χ0v) is 17.4. The van der Waals surface area contributed by atoms with E-state index in [9.17, 15) is 4.79 Å². The Hall–Kier alpha value is -4.00. The molecule has 0 saturated carbocycles. The molecule has 0 atom stereocenters. The van der Waals surface area contributed by atoms with Crippen LogP contribution in [-0.4, -0.2) is 31.3 Å². The van der Waals surface area contributed by atoms with Crippen LogP contribution in [0.25, 0.3) is 27.6 Å². The topological polar surface area (TPSA) is 88.5 Å². The van der Waals surface area contributed by atoms with Crippen molar-refractivity contribution in [3.05, 3.63) is 88.0 Å². The fraction of sp³-hybridized carbons (Fsp3) is 0.167. The molecule has 0 radical (unpaired) electrons. The number of rotatable bonds is 5. The molecule has 0 fully saturated rings. The predicted octanol–water partition coefficient (Wildman–Crippen LogP) is 3.93. The second kappa shape index (κ2) is 7.68. The summed E-state index contributed by atoms with van der Waals surface area (Å²) < 4.78 is 1.62. The van der Waals surface area contributed by atoms with Crippen molar-refractivity contribution in [1.82, 2.24) is 24.7 Å². The third kappa shape index (κ3) is 3.44. The Labute approximate surface area is 178 Å². The first-order chi connectivity index (χ1) is 15.1. The van der Waals surface area contributed by atoms with Gasteiger partial charge in [0.25, 0.3) is 5.56 Å². The van der Waals surface area contributed by atoms with Crippen LogP contribution in [0.3, 0.4) is 0 Å². The summed E-state index contributed by atoms with van der Waals surface area (Å²) in [7, 11) is 0. The molecule has 7 nitrogen and oxygen atoms in total. The van der Waals surface area contributed by atoms with Crippen LogP contribution >= 0.6 is 0 Å². The molecule has 3 heterocycles.